The second kappa shape index (κ2) is 14.3. The molecule has 24 heavy (non-hydrogen) atoms. The molecule has 2 N–H and O–H groups in total. The Bertz CT molecular complexity index is 467. The normalized spacial score (nSPS) is 11.1. The van der Waals surface area contributed by atoms with Crippen LogP contribution in [0.3, 0.4) is 0 Å². The molecule has 138 valence electrons. The summed E-state index contributed by atoms with van der Waals surface area (Å²) in [6.45, 7) is 12.5. The van der Waals surface area contributed by atoms with E-state index in [4.69, 9.17) is 9.47 Å². The van der Waals surface area contributed by atoms with Crippen LogP contribution in [0.25, 0.3) is 0 Å². The van der Waals surface area contributed by atoms with Crippen molar-refractivity contribution in [3.8, 4) is 5.75 Å². The van der Waals surface area contributed by atoms with Gasteiger partial charge in [0.2, 0.25) is 0 Å². The Morgan fingerprint density at radius 1 is 1.12 bits per heavy atom. The zero-order valence-corrected chi connectivity index (χ0v) is 17.6. The summed E-state index contributed by atoms with van der Waals surface area (Å²) in [4.78, 5) is 4.46. The van der Waals surface area contributed by atoms with Crippen LogP contribution in [0.4, 0.5) is 0 Å². The van der Waals surface area contributed by atoms with E-state index < -0.39 is 0 Å². The minimum Gasteiger partial charge on any atom is -0.491 e. The summed E-state index contributed by atoms with van der Waals surface area (Å²) in [7, 11) is 0. The second-order valence-electron chi connectivity index (χ2n) is 5.43. The Balaban J connectivity index is 0.00000529. The first-order valence-corrected chi connectivity index (χ1v) is 8.50. The molecule has 6 heteroatoms. The molecule has 0 saturated heterocycles. The molecular formula is C18H32IN3O2. The molecule has 1 aromatic rings. The predicted molar refractivity (Wildman–Crippen MR) is 112 cm³/mol. The lowest BCUT2D eigenvalue weighted by molar-refractivity contribution is 0.155. The van der Waals surface area contributed by atoms with Crippen LogP contribution in [0, 0.1) is 0 Å². The number of guanidine groups is 1. The minimum absolute atomic E-state index is 0. The number of nitrogens with zero attached hydrogens (tertiary/aromatic N) is 1. The maximum absolute atomic E-state index is 5.90. The Hall–Kier alpha value is -1.02. The van der Waals surface area contributed by atoms with Crippen molar-refractivity contribution in [3.05, 3.63) is 29.8 Å². The highest BCUT2D eigenvalue weighted by atomic mass is 127. The summed E-state index contributed by atoms with van der Waals surface area (Å²) in [6.07, 6.45) is 0. The van der Waals surface area contributed by atoms with Crippen molar-refractivity contribution >= 4 is 29.9 Å². The number of hydrogen-bond acceptors (Lipinski definition) is 3. The van der Waals surface area contributed by atoms with Gasteiger partial charge in [0.25, 0.3) is 0 Å². The largest absolute Gasteiger partial charge is 0.491 e. The molecule has 0 radical (unpaired) electrons. The molecule has 1 aromatic carbocycles. The third-order valence-corrected chi connectivity index (χ3v) is 3.25. The monoisotopic (exact) mass is 449 g/mol. The number of aliphatic imine (C=N–C) groups is 1. The number of halogens is 1. The van der Waals surface area contributed by atoms with Gasteiger partial charge in [0.1, 0.15) is 12.4 Å². The highest BCUT2D eigenvalue weighted by molar-refractivity contribution is 14.0. The first-order chi connectivity index (χ1) is 11.2. The molecule has 0 heterocycles. The molecular weight excluding hydrogens is 417 g/mol. The van der Waals surface area contributed by atoms with Crippen molar-refractivity contribution in [2.24, 2.45) is 4.99 Å². The van der Waals surface area contributed by atoms with Crippen LogP contribution < -0.4 is 15.4 Å². The van der Waals surface area contributed by atoms with Gasteiger partial charge in [-0.2, -0.15) is 0 Å². The van der Waals surface area contributed by atoms with Crippen LogP contribution in [0.15, 0.2) is 29.3 Å². The zero-order chi connectivity index (χ0) is 16.9. The average Bonchev–Trinajstić information content (AvgIpc) is 2.55. The molecule has 0 aromatic heterocycles. The van der Waals surface area contributed by atoms with Crippen LogP contribution in [-0.4, -0.2) is 45.4 Å². The zero-order valence-electron chi connectivity index (χ0n) is 15.3. The standard InChI is InChI=1S/C18H31N3O2.HI/c1-5-19-18(20-11-13-22-6-2)21-12-14-23-17-10-8-7-9-16(17)15(3)4;/h7-10,15H,5-6,11-14H2,1-4H3,(H2,19,20,21);1H. The fourth-order valence-corrected chi connectivity index (χ4v) is 2.13. The molecule has 0 bridgehead atoms. The Labute approximate surface area is 163 Å². The lowest BCUT2D eigenvalue weighted by atomic mass is 10.0. The van der Waals surface area contributed by atoms with Crippen molar-refractivity contribution in [2.75, 3.05) is 39.5 Å². The van der Waals surface area contributed by atoms with E-state index in [1.165, 1.54) is 5.56 Å². The molecule has 0 aliphatic carbocycles. The van der Waals surface area contributed by atoms with Gasteiger partial charge < -0.3 is 20.1 Å². The molecule has 0 fully saturated rings. The highest BCUT2D eigenvalue weighted by Crippen LogP contribution is 2.25. The Kier molecular flexibility index (Phi) is 13.7. The maximum atomic E-state index is 5.90. The summed E-state index contributed by atoms with van der Waals surface area (Å²) in [5.74, 6) is 2.21. The first-order valence-electron chi connectivity index (χ1n) is 8.50. The third kappa shape index (κ3) is 9.32. The first kappa shape index (κ1) is 23.0. The van der Waals surface area contributed by atoms with Crippen molar-refractivity contribution in [1.82, 2.24) is 10.6 Å². The third-order valence-electron chi connectivity index (χ3n) is 3.25. The van der Waals surface area contributed by atoms with Crippen LogP contribution in [0.5, 0.6) is 5.75 Å². The summed E-state index contributed by atoms with van der Waals surface area (Å²) in [5.41, 5.74) is 1.24. The van der Waals surface area contributed by atoms with Crippen molar-refractivity contribution in [3.63, 3.8) is 0 Å². The number of nitrogens with one attached hydrogen (secondary N) is 2. The number of benzene rings is 1. The van der Waals surface area contributed by atoms with E-state index in [1.807, 2.05) is 19.1 Å². The van der Waals surface area contributed by atoms with Gasteiger partial charge in [-0.15, -0.1) is 24.0 Å². The van der Waals surface area contributed by atoms with E-state index in [-0.39, 0.29) is 24.0 Å². The molecule has 1 rings (SSSR count). The fourth-order valence-electron chi connectivity index (χ4n) is 2.13. The van der Waals surface area contributed by atoms with E-state index in [1.54, 1.807) is 0 Å². The molecule has 5 nitrogen and oxygen atoms in total. The van der Waals surface area contributed by atoms with Crippen molar-refractivity contribution in [1.29, 1.82) is 0 Å². The summed E-state index contributed by atoms with van der Waals surface area (Å²) >= 11 is 0. The van der Waals surface area contributed by atoms with Gasteiger partial charge in [0, 0.05) is 13.2 Å². The molecule has 0 unspecified atom stereocenters. The van der Waals surface area contributed by atoms with Gasteiger partial charge in [-0.25, -0.2) is 0 Å². The smallest absolute Gasteiger partial charge is 0.191 e. The number of ether oxygens (including phenoxy) is 2. The van der Waals surface area contributed by atoms with Crippen molar-refractivity contribution in [2.45, 2.75) is 33.6 Å². The van der Waals surface area contributed by atoms with E-state index in [9.17, 15) is 0 Å². The van der Waals surface area contributed by atoms with Crippen LogP contribution in [-0.2, 0) is 4.74 Å². The quantitative estimate of drug-likeness (QED) is 0.249. The minimum atomic E-state index is 0. The molecule has 0 saturated carbocycles. The fraction of sp³-hybridized carbons (Fsp3) is 0.611. The number of hydrogen-bond donors (Lipinski definition) is 2. The number of para-hydroxylation sites is 1. The topological polar surface area (TPSA) is 54.9 Å². The van der Waals surface area contributed by atoms with Gasteiger partial charge in [-0.05, 0) is 31.4 Å². The summed E-state index contributed by atoms with van der Waals surface area (Å²) < 4.78 is 11.2. The average molecular weight is 449 g/mol. The summed E-state index contributed by atoms with van der Waals surface area (Å²) in [6, 6.07) is 8.20. The second-order valence-corrected chi connectivity index (χ2v) is 5.43. The Morgan fingerprint density at radius 2 is 1.88 bits per heavy atom. The van der Waals surface area contributed by atoms with Gasteiger partial charge in [-0.1, -0.05) is 32.0 Å². The molecule has 0 amide bonds. The highest BCUT2D eigenvalue weighted by Gasteiger charge is 2.06. The van der Waals surface area contributed by atoms with Crippen LogP contribution >= 0.6 is 24.0 Å². The molecule has 0 aliphatic rings. The van der Waals surface area contributed by atoms with Gasteiger partial charge in [0.05, 0.1) is 19.7 Å². The van der Waals surface area contributed by atoms with E-state index in [0.29, 0.717) is 32.2 Å². The van der Waals surface area contributed by atoms with Gasteiger partial charge >= 0.3 is 0 Å². The van der Waals surface area contributed by atoms with Gasteiger partial charge in [-0.3, -0.25) is 4.99 Å². The molecule has 0 atom stereocenters. The van der Waals surface area contributed by atoms with E-state index >= 15 is 0 Å². The van der Waals surface area contributed by atoms with Crippen LogP contribution in [0.1, 0.15) is 39.2 Å². The van der Waals surface area contributed by atoms with Gasteiger partial charge in [0.15, 0.2) is 5.96 Å². The van der Waals surface area contributed by atoms with E-state index in [0.717, 1.165) is 24.9 Å². The number of rotatable bonds is 10. The predicted octanol–water partition coefficient (Wildman–Crippen LogP) is 3.40. The lowest BCUT2D eigenvalue weighted by Crippen LogP contribution is -2.39. The van der Waals surface area contributed by atoms with Crippen molar-refractivity contribution < 1.29 is 9.47 Å². The Morgan fingerprint density at radius 3 is 2.54 bits per heavy atom. The molecule has 0 spiro atoms. The van der Waals surface area contributed by atoms with Crippen LogP contribution in [0.2, 0.25) is 0 Å². The molecule has 0 aliphatic heterocycles. The lowest BCUT2D eigenvalue weighted by Gasteiger charge is -2.15. The maximum Gasteiger partial charge on any atom is 0.191 e. The SMILES string of the molecule is CCNC(=NCCOCC)NCCOc1ccccc1C(C)C.I. The summed E-state index contributed by atoms with van der Waals surface area (Å²) in [5, 5.41) is 6.49. The van der Waals surface area contributed by atoms with E-state index in [2.05, 4.69) is 48.5 Å².